The zero-order chi connectivity index (χ0) is 16.8. The van der Waals surface area contributed by atoms with Crippen LogP contribution in [0.1, 0.15) is 12.8 Å². The number of anilines is 1. The lowest BCUT2D eigenvalue weighted by Gasteiger charge is -2.22. The summed E-state index contributed by atoms with van der Waals surface area (Å²) >= 11 is 0. The van der Waals surface area contributed by atoms with Crippen LogP contribution in [0.2, 0.25) is 0 Å². The lowest BCUT2D eigenvalue weighted by molar-refractivity contribution is -0.157. The highest BCUT2D eigenvalue weighted by molar-refractivity contribution is 5.93. The summed E-state index contributed by atoms with van der Waals surface area (Å²) in [6.07, 6.45) is 1.47. The second kappa shape index (κ2) is 5.58. The third-order valence-corrected chi connectivity index (χ3v) is 5.23. The molecule has 3 fully saturated rings. The Labute approximate surface area is 137 Å². The van der Waals surface area contributed by atoms with Crippen LogP contribution in [-0.2, 0) is 23.9 Å². The quantitative estimate of drug-likeness (QED) is 0.845. The average molecular weight is 333 g/mol. The number of rotatable bonds is 4. The van der Waals surface area contributed by atoms with Gasteiger partial charge in [0.2, 0.25) is 0 Å². The third-order valence-electron chi connectivity index (χ3n) is 5.23. The first-order valence-electron chi connectivity index (χ1n) is 7.95. The fourth-order valence-corrected chi connectivity index (χ4v) is 4.29. The fraction of sp³-hybridized carbons (Fsp3) is 0.471. The van der Waals surface area contributed by atoms with E-state index in [1.54, 1.807) is 0 Å². The molecule has 1 amide bonds. The van der Waals surface area contributed by atoms with E-state index >= 15 is 0 Å². The van der Waals surface area contributed by atoms with Crippen LogP contribution >= 0.6 is 0 Å². The van der Waals surface area contributed by atoms with E-state index in [1.165, 1.54) is 24.3 Å². The van der Waals surface area contributed by atoms with Crippen LogP contribution in [0, 0.1) is 29.5 Å². The Balaban J connectivity index is 1.33. The lowest BCUT2D eigenvalue weighted by atomic mass is 9.80. The van der Waals surface area contributed by atoms with Gasteiger partial charge in [0.15, 0.2) is 6.61 Å². The number of benzene rings is 1. The lowest BCUT2D eigenvalue weighted by Crippen LogP contribution is -2.34. The number of hydrogen-bond acceptors (Lipinski definition) is 5. The summed E-state index contributed by atoms with van der Waals surface area (Å²) in [4.78, 5) is 36.0. The molecule has 1 aromatic rings. The normalized spacial score (nSPS) is 32.5. The predicted molar refractivity (Wildman–Crippen MR) is 79.1 cm³/mol. The Bertz CT molecular complexity index is 701. The molecule has 5 atom stereocenters. The molecule has 2 saturated carbocycles. The fourth-order valence-electron chi connectivity index (χ4n) is 4.29. The molecule has 3 aliphatic rings. The molecule has 1 heterocycles. The number of esters is 2. The summed E-state index contributed by atoms with van der Waals surface area (Å²) in [7, 11) is 0. The van der Waals surface area contributed by atoms with Gasteiger partial charge in [-0.25, -0.2) is 4.39 Å². The third kappa shape index (κ3) is 2.44. The van der Waals surface area contributed by atoms with Gasteiger partial charge in [0.25, 0.3) is 5.91 Å². The molecule has 24 heavy (non-hydrogen) atoms. The number of ether oxygens (including phenoxy) is 2. The first-order valence-corrected chi connectivity index (χ1v) is 7.95. The van der Waals surface area contributed by atoms with Crippen molar-refractivity contribution in [2.45, 2.75) is 18.9 Å². The maximum atomic E-state index is 12.8. The van der Waals surface area contributed by atoms with Gasteiger partial charge in [-0.1, -0.05) is 0 Å². The van der Waals surface area contributed by atoms with Crippen molar-refractivity contribution in [3.63, 3.8) is 0 Å². The van der Waals surface area contributed by atoms with E-state index in [9.17, 15) is 18.8 Å². The Morgan fingerprint density at radius 2 is 2.00 bits per heavy atom. The number of amides is 1. The largest absolute Gasteiger partial charge is 0.462 e. The van der Waals surface area contributed by atoms with Crippen molar-refractivity contribution in [2.24, 2.45) is 23.7 Å². The molecule has 1 N–H and O–H groups in total. The average Bonchev–Trinajstić information content (AvgIpc) is 3.16. The van der Waals surface area contributed by atoms with Gasteiger partial charge < -0.3 is 14.8 Å². The Morgan fingerprint density at radius 1 is 1.25 bits per heavy atom. The zero-order valence-electron chi connectivity index (χ0n) is 12.7. The molecule has 0 radical (unpaired) electrons. The van der Waals surface area contributed by atoms with Crippen molar-refractivity contribution in [2.75, 3.05) is 11.9 Å². The monoisotopic (exact) mass is 333 g/mol. The minimum absolute atomic E-state index is 0.0432. The second-order valence-electron chi connectivity index (χ2n) is 6.59. The van der Waals surface area contributed by atoms with Gasteiger partial charge in [-0.05, 0) is 43.0 Å². The van der Waals surface area contributed by atoms with Gasteiger partial charge in [-0.3, -0.25) is 14.4 Å². The number of halogens is 1. The summed E-state index contributed by atoms with van der Waals surface area (Å²) in [5, 5.41) is 2.52. The Hall–Kier alpha value is -2.44. The van der Waals surface area contributed by atoms with Gasteiger partial charge in [-0.2, -0.15) is 0 Å². The van der Waals surface area contributed by atoms with Crippen molar-refractivity contribution in [3.8, 4) is 0 Å². The van der Waals surface area contributed by atoms with E-state index in [2.05, 4.69) is 5.32 Å². The highest BCUT2D eigenvalue weighted by atomic mass is 19.1. The summed E-state index contributed by atoms with van der Waals surface area (Å²) in [6, 6.07) is 5.28. The van der Waals surface area contributed by atoms with Crippen molar-refractivity contribution in [1.82, 2.24) is 0 Å². The van der Waals surface area contributed by atoms with Gasteiger partial charge in [0, 0.05) is 11.6 Å². The van der Waals surface area contributed by atoms with E-state index in [1.807, 2.05) is 0 Å². The number of nitrogens with one attached hydrogen (secondary N) is 1. The standard InChI is InChI=1S/C17H16FNO5/c18-9-1-3-10(4-2-9)19-13(20)7-23-16(21)14-8-5-11-12(6-8)24-17(22)15(11)14/h1-4,8,11-12,14-15H,5-7H2,(H,19,20)/t8-,11+,12+,14-,15+/m1/s1. The molecule has 0 aromatic heterocycles. The van der Waals surface area contributed by atoms with Crippen LogP contribution < -0.4 is 5.32 Å². The van der Waals surface area contributed by atoms with Crippen molar-refractivity contribution >= 4 is 23.5 Å². The summed E-state index contributed by atoms with van der Waals surface area (Å²) in [5.41, 5.74) is 0.416. The zero-order valence-corrected chi connectivity index (χ0v) is 12.7. The summed E-state index contributed by atoms with van der Waals surface area (Å²) < 4.78 is 23.2. The molecule has 0 spiro atoms. The smallest absolute Gasteiger partial charge is 0.310 e. The van der Waals surface area contributed by atoms with Crippen LogP contribution in [0.15, 0.2) is 24.3 Å². The Kier molecular flexibility index (Phi) is 3.51. The molecular formula is C17H16FNO5. The minimum Gasteiger partial charge on any atom is -0.462 e. The van der Waals surface area contributed by atoms with E-state index in [-0.39, 0.29) is 23.9 Å². The molecule has 126 valence electrons. The van der Waals surface area contributed by atoms with E-state index in [0.717, 1.165) is 6.42 Å². The van der Waals surface area contributed by atoms with Crippen LogP contribution in [0.25, 0.3) is 0 Å². The number of carbonyl (C=O) groups excluding carboxylic acids is 3. The highest BCUT2D eigenvalue weighted by Crippen LogP contribution is 2.57. The molecule has 7 heteroatoms. The molecular weight excluding hydrogens is 317 g/mol. The summed E-state index contributed by atoms with van der Waals surface area (Å²) in [5.74, 6) is -2.44. The van der Waals surface area contributed by atoms with Crippen LogP contribution in [0.5, 0.6) is 0 Å². The van der Waals surface area contributed by atoms with Gasteiger partial charge >= 0.3 is 11.9 Å². The van der Waals surface area contributed by atoms with E-state index < -0.39 is 36.1 Å². The van der Waals surface area contributed by atoms with Crippen LogP contribution in [0.3, 0.4) is 0 Å². The van der Waals surface area contributed by atoms with E-state index in [0.29, 0.717) is 12.1 Å². The predicted octanol–water partition coefficient (Wildman–Crippen LogP) is 1.50. The molecule has 6 nitrogen and oxygen atoms in total. The van der Waals surface area contributed by atoms with E-state index in [4.69, 9.17) is 9.47 Å². The van der Waals surface area contributed by atoms with Crippen molar-refractivity contribution in [1.29, 1.82) is 0 Å². The Morgan fingerprint density at radius 3 is 2.75 bits per heavy atom. The minimum atomic E-state index is -0.515. The maximum absolute atomic E-state index is 12.8. The number of hydrogen-bond donors (Lipinski definition) is 1. The van der Waals surface area contributed by atoms with Crippen LogP contribution in [-0.4, -0.2) is 30.6 Å². The first kappa shape index (κ1) is 15.1. The first-order chi connectivity index (χ1) is 11.5. The van der Waals surface area contributed by atoms with Crippen LogP contribution in [0.4, 0.5) is 10.1 Å². The SMILES string of the molecule is O=C(COC(=O)[C@@H]1[C@@H]2C[C@@H]3[C@@H]1C(=O)O[C@H]3C2)Nc1ccc(F)cc1. The molecule has 1 saturated heterocycles. The molecule has 0 unspecified atom stereocenters. The van der Waals surface area contributed by atoms with Crippen molar-refractivity contribution < 1.29 is 28.2 Å². The van der Waals surface area contributed by atoms with Gasteiger partial charge in [0.1, 0.15) is 11.9 Å². The summed E-state index contributed by atoms with van der Waals surface area (Å²) in [6.45, 7) is -0.435. The van der Waals surface area contributed by atoms with Gasteiger partial charge in [-0.15, -0.1) is 0 Å². The molecule has 2 bridgehead atoms. The number of carbonyl (C=O) groups is 3. The number of fused-ring (bicyclic) bond motifs is 1. The molecule has 4 rings (SSSR count). The highest BCUT2D eigenvalue weighted by Gasteiger charge is 2.64. The molecule has 1 aromatic carbocycles. The molecule has 2 aliphatic carbocycles. The maximum Gasteiger partial charge on any atom is 0.310 e. The molecule has 1 aliphatic heterocycles. The topological polar surface area (TPSA) is 81.7 Å². The van der Waals surface area contributed by atoms with Gasteiger partial charge in [0.05, 0.1) is 11.8 Å². The van der Waals surface area contributed by atoms with Crippen molar-refractivity contribution in [3.05, 3.63) is 30.1 Å². The second-order valence-corrected chi connectivity index (χ2v) is 6.59.